The van der Waals surface area contributed by atoms with Gasteiger partial charge in [0, 0.05) is 41.8 Å². The fourth-order valence-electron chi connectivity index (χ4n) is 5.83. The molecule has 0 atom stereocenters. The van der Waals surface area contributed by atoms with Crippen molar-refractivity contribution in [2.45, 2.75) is 86.2 Å². The number of rotatable bonds is 6. The van der Waals surface area contributed by atoms with E-state index < -0.39 is 9.84 Å². The Morgan fingerprint density at radius 1 is 1.00 bits per heavy atom. The Kier molecular flexibility index (Phi) is 8.35. The molecule has 1 aliphatic heterocycles. The van der Waals surface area contributed by atoms with E-state index in [1.807, 2.05) is 6.07 Å². The zero-order chi connectivity index (χ0) is 27.5. The van der Waals surface area contributed by atoms with Crippen LogP contribution in [-0.4, -0.2) is 32.0 Å². The smallest absolute Gasteiger partial charge is 0.267 e. The Bertz CT molecular complexity index is 1420. The molecule has 3 N–H and O–H groups in total. The van der Waals surface area contributed by atoms with Crippen LogP contribution in [0.25, 0.3) is 0 Å². The van der Waals surface area contributed by atoms with Crippen molar-refractivity contribution in [3.05, 3.63) is 76.1 Å². The number of aromatic nitrogens is 1. The number of H-pyrrole nitrogens is 1. The summed E-state index contributed by atoms with van der Waals surface area (Å²) in [5, 5.41) is 7.18. The maximum absolute atomic E-state index is 13.1. The number of ether oxygens (including phenoxy) is 1. The van der Waals surface area contributed by atoms with Gasteiger partial charge < -0.3 is 20.4 Å². The number of benzene rings is 2. The number of halogens is 1. The minimum Gasteiger partial charge on any atom is -0.495 e. The lowest BCUT2D eigenvalue weighted by Gasteiger charge is -2.38. The topological polar surface area (TPSA) is 100 Å². The van der Waals surface area contributed by atoms with E-state index in [0.29, 0.717) is 10.7 Å². The van der Waals surface area contributed by atoms with E-state index in [9.17, 15) is 13.2 Å². The third-order valence-corrected chi connectivity index (χ3v) is 10.1. The summed E-state index contributed by atoms with van der Waals surface area (Å²) in [5.74, 6) is 0.0224. The summed E-state index contributed by atoms with van der Waals surface area (Å²) in [6, 6.07) is 12.9. The van der Waals surface area contributed by atoms with E-state index >= 15 is 0 Å². The lowest BCUT2D eigenvalue weighted by atomic mass is 9.80. The van der Waals surface area contributed by atoms with Gasteiger partial charge in [0.05, 0.1) is 12.0 Å². The molecule has 2 aromatic carbocycles. The highest BCUT2D eigenvalue weighted by Gasteiger charge is 2.35. The number of hydrogen-bond acceptors (Lipinski definition) is 5. The fourth-order valence-corrected chi connectivity index (χ4v) is 7.39. The Morgan fingerprint density at radius 2 is 1.69 bits per heavy atom. The molecule has 39 heavy (non-hydrogen) atoms. The summed E-state index contributed by atoms with van der Waals surface area (Å²) in [5.41, 5.74) is 3.83. The van der Waals surface area contributed by atoms with Crippen molar-refractivity contribution in [3.8, 4) is 5.75 Å². The largest absolute Gasteiger partial charge is 0.495 e. The van der Waals surface area contributed by atoms with E-state index in [4.69, 9.17) is 16.3 Å². The number of methoxy groups -OCH3 is 1. The predicted octanol–water partition coefficient (Wildman–Crippen LogP) is 5.96. The van der Waals surface area contributed by atoms with Crippen LogP contribution in [0.15, 0.2) is 58.3 Å². The molecule has 1 aromatic heterocycles. The Balaban J connectivity index is 1.23. The fraction of sp³-hybridized carbons (Fsp3) is 0.433. The zero-order valence-corrected chi connectivity index (χ0v) is 23.9. The second-order valence-electron chi connectivity index (χ2n) is 10.7. The molecule has 3 aromatic rings. The molecule has 5 rings (SSSR count). The van der Waals surface area contributed by atoms with Crippen molar-refractivity contribution in [2.24, 2.45) is 0 Å². The van der Waals surface area contributed by atoms with Crippen LogP contribution in [-0.2, 0) is 29.3 Å². The molecule has 0 unspecified atom stereocenters. The molecular formula is C30H36ClN3O4S. The summed E-state index contributed by atoms with van der Waals surface area (Å²) in [6.45, 7) is 1.07. The number of carbonyl (C=O) groups excluding carboxylic acids is 1. The lowest BCUT2D eigenvalue weighted by Crippen LogP contribution is -2.49. The molecule has 0 saturated heterocycles. The van der Waals surface area contributed by atoms with E-state index in [0.717, 1.165) is 24.1 Å². The van der Waals surface area contributed by atoms with Crippen LogP contribution in [0.4, 0.5) is 0 Å². The number of amides is 1. The van der Waals surface area contributed by atoms with Crippen molar-refractivity contribution >= 4 is 27.3 Å². The number of nitrogens with one attached hydrogen (secondary N) is 3. The number of aromatic amines is 1. The number of hydrogen-bond donors (Lipinski definition) is 3. The van der Waals surface area contributed by atoms with Gasteiger partial charge in [0.25, 0.3) is 5.91 Å². The van der Waals surface area contributed by atoms with Gasteiger partial charge in [-0.05, 0) is 54.3 Å². The standard InChI is InChI=1S/C30H36ClN3O4S/c1-38-27-17-23(31)10-13-28(27)39(36,37)24-11-8-21(9-12-24)19-32-29(35)25-16-22-20-33-30(18-26(22)34-25)14-6-4-2-3-5-7-15-30/h8-13,16-17,33-34H,2-7,14-15,18-20H2,1H3,(H,32,35). The highest BCUT2D eigenvalue weighted by molar-refractivity contribution is 7.91. The first-order valence-electron chi connectivity index (χ1n) is 13.7. The van der Waals surface area contributed by atoms with Crippen molar-refractivity contribution in [3.63, 3.8) is 0 Å². The van der Waals surface area contributed by atoms with Gasteiger partial charge >= 0.3 is 0 Å². The molecule has 2 heterocycles. The average molecular weight is 570 g/mol. The van der Waals surface area contributed by atoms with Crippen LogP contribution in [0.3, 0.4) is 0 Å². The maximum Gasteiger partial charge on any atom is 0.267 e. The van der Waals surface area contributed by atoms with Gasteiger partial charge in [-0.3, -0.25) is 4.79 Å². The zero-order valence-electron chi connectivity index (χ0n) is 22.3. The molecule has 1 amide bonds. The van der Waals surface area contributed by atoms with Gasteiger partial charge in [-0.1, -0.05) is 62.3 Å². The Hall–Kier alpha value is -2.81. The van der Waals surface area contributed by atoms with Crippen LogP contribution in [0.1, 0.15) is 78.7 Å². The molecule has 0 radical (unpaired) electrons. The summed E-state index contributed by atoms with van der Waals surface area (Å²) < 4.78 is 31.5. The van der Waals surface area contributed by atoms with Crippen LogP contribution >= 0.6 is 11.6 Å². The van der Waals surface area contributed by atoms with Gasteiger partial charge in [0.2, 0.25) is 9.84 Å². The van der Waals surface area contributed by atoms with Crippen molar-refractivity contribution in [1.82, 2.24) is 15.6 Å². The normalized spacial score (nSPS) is 17.5. The first kappa shape index (κ1) is 27.7. The molecule has 208 valence electrons. The summed E-state index contributed by atoms with van der Waals surface area (Å²) in [4.78, 5) is 16.6. The second-order valence-corrected chi connectivity index (χ2v) is 13.1. The van der Waals surface area contributed by atoms with Crippen LogP contribution in [0.5, 0.6) is 5.75 Å². The molecule has 2 aliphatic rings. The first-order valence-corrected chi connectivity index (χ1v) is 15.6. The van der Waals surface area contributed by atoms with Crippen LogP contribution in [0.2, 0.25) is 5.02 Å². The highest BCUT2D eigenvalue weighted by atomic mass is 35.5. The molecule has 1 aliphatic carbocycles. The molecule has 1 spiro atoms. The van der Waals surface area contributed by atoms with Gasteiger partial charge in [-0.15, -0.1) is 0 Å². The minimum atomic E-state index is -3.79. The molecule has 9 heteroatoms. The average Bonchev–Trinajstić information content (AvgIpc) is 3.40. The summed E-state index contributed by atoms with van der Waals surface area (Å²) in [6.07, 6.45) is 11.1. The lowest BCUT2D eigenvalue weighted by molar-refractivity contribution is 0.0946. The number of carbonyl (C=O) groups is 1. The van der Waals surface area contributed by atoms with E-state index in [2.05, 4.69) is 15.6 Å². The second kappa shape index (κ2) is 11.7. The van der Waals surface area contributed by atoms with Gasteiger partial charge in [-0.25, -0.2) is 8.42 Å². The molecule has 1 saturated carbocycles. The van der Waals surface area contributed by atoms with Crippen LogP contribution in [0, 0.1) is 0 Å². The molecular weight excluding hydrogens is 534 g/mol. The number of sulfone groups is 1. The van der Waals surface area contributed by atoms with Gasteiger partial charge in [0.1, 0.15) is 16.3 Å². The molecule has 1 fully saturated rings. The quantitative estimate of drug-likeness (QED) is 0.340. The maximum atomic E-state index is 13.1. The van der Waals surface area contributed by atoms with E-state index in [1.54, 1.807) is 24.3 Å². The predicted molar refractivity (Wildman–Crippen MR) is 152 cm³/mol. The monoisotopic (exact) mass is 569 g/mol. The van der Waals surface area contributed by atoms with Crippen LogP contribution < -0.4 is 15.4 Å². The minimum absolute atomic E-state index is 0.0531. The molecule has 0 bridgehead atoms. The number of fused-ring (bicyclic) bond motifs is 1. The molecule has 7 nitrogen and oxygen atoms in total. The highest BCUT2D eigenvalue weighted by Crippen LogP contribution is 2.34. The summed E-state index contributed by atoms with van der Waals surface area (Å²) >= 11 is 5.98. The Labute approximate surface area is 235 Å². The van der Waals surface area contributed by atoms with E-state index in [1.165, 1.54) is 82.4 Å². The Morgan fingerprint density at radius 3 is 2.38 bits per heavy atom. The third-order valence-electron chi connectivity index (χ3n) is 8.07. The first-order chi connectivity index (χ1) is 18.8. The van der Waals surface area contributed by atoms with Crippen molar-refractivity contribution < 1.29 is 17.9 Å². The third kappa shape index (κ3) is 6.18. The SMILES string of the molecule is COc1cc(Cl)ccc1S(=O)(=O)c1ccc(CNC(=O)c2cc3c([nH]2)CC2(CCCCCCCC2)NC3)cc1. The van der Waals surface area contributed by atoms with Crippen molar-refractivity contribution in [2.75, 3.05) is 7.11 Å². The van der Waals surface area contributed by atoms with Crippen molar-refractivity contribution in [1.29, 1.82) is 0 Å². The van der Waals surface area contributed by atoms with Gasteiger partial charge in [0.15, 0.2) is 0 Å². The van der Waals surface area contributed by atoms with E-state index in [-0.39, 0.29) is 33.5 Å². The summed E-state index contributed by atoms with van der Waals surface area (Å²) in [7, 11) is -2.38. The van der Waals surface area contributed by atoms with Gasteiger partial charge in [-0.2, -0.15) is 0 Å².